The van der Waals surface area contributed by atoms with Crippen molar-refractivity contribution in [1.29, 1.82) is 0 Å². The van der Waals surface area contributed by atoms with Crippen LogP contribution in [0.1, 0.15) is 36.7 Å². The van der Waals surface area contributed by atoms with Gasteiger partial charge in [0.2, 0.25) is 5.91 Å². The highest BCUT2D eigenvalue weighted by atomic mass is 16.5. The first-order valence-electron chi connectivity index (χ1n) is 12.1. The van der Waals surface area contributed by atoms with Gasteiger partial charge in [-0.2, -0.15) is 0 Å². The van der Waals surface area contributed by atoms with E-state index in [1.54, 1.807) is 7.11 Å². The maximum Gasteiger partial charge on any atom is 0.270 e. The standard InChI is InChI=1S/C25H36N4O4/c1-18(24(30)26-8-3-9-28-12-14-33-15-13-28)19-6-10-29(11-7-19)25(31)23-16-20-4-5-21(32-2)17-22(20)27-23/h4-5,16-19,27H,3,6-15H2,1-2H3,(H,26,30). The van der Waals surface area contributed by atoms with Gasteiger partial charge < -0.3 is 24.7 Å². The molecule has 1 unspecified atom stereocenters. The Bertz CT molecular complexity index is 945. The molecule has 1 aromatic carbocycles. The average Bonchev–Trinajstić information content (AvgIpc) is 3.29. The van der Waals surface area contributed by atoms with Crippen molar-refractivity contribution in [1.82, 2.24) is 20.1 Å². The van der Waals surface area contributed by atoms with Gasteiger partial charge in [-0.25, -0.2) is 0 Å². The number of morpholine rings is 1. The number of nitrogens with one attached hydrogen (secondary N) is 2. The van der Waals surface area contributed by atoms with E-state index in [4.69, 9.17) is 9.47 Å². The van der Waals surface area contributed by atoms with Gasteiger partial charge in [0.15, 0.2) is 0 Å². The molecule has 2 fully saturated rings. The number of H-pyrrole nitrogens is 1. The van der Waals surface area contributed by atoms with E-state index in [2.05, 4.69) is 15.2 Å². The van der Waals surface area contributed by atoms with Crippen LogP contribution in [0.25, 0.3) is 10.9 Å². The topological polar surface area (TPSA) is 86.9 Å². The Morgan fingerprint density at radius 3 is 2.67 bits per heavy atom. The summed E-state index contributed by atoms with van der Waals surface area (Å²) >= 11 is 0. The molecule has 1 aromatic heterocycles. The van der Waals surface area contributed by atoms with E-state index < -0.39 is 0 Å². The monoisotopic (exact) mass is 456 g/mol. The van der Waals surface area contributed by atoms with Crippen LogP contribution in [0, 0.1) is 11.8 Å². The Labute approximate surface area is 195 Å². The minimum absolute atomic E-state index is 0.0174. The fraction of sp³-hybridized carbons (Fsp3) is 0.600. The van der Waals surface area contributed by atoms with E-state index in [-0.39, 0.29) is 17.7 Å². The van der Waals surface area contributed by atoms with Crippen LogP contribution in [0.15, 0.2) is 24.3 Å². The molecule has 3 heterocycles. The molecule has 0 bridgehead atoms. The molecule has 8 nitrogen and oxygen atoms in total. The fourth-order valence-corrected chi connectivity index (χ4v) is 4.84. The third kappa shape index (κ3) is 5.86. The normalized spacial score (nSPS) is 18.9. The van der Waals surface area contributed by atoms with Crippen molar-refractivity contribution in [3.63, 3.8) is 0 Å². The van der Waals surface area contributed by atoms with Gasteiger partial charge in [0.05, 0.1) is 20.3 Å². The Balaban J connectivity index is 1.21. The summed E-state index contributed by atoms with van der Waals surface area (Å²) in [4.78, 5) is 33.2. The lowest BCUT2D eigenvalue weighted by Gasteiger charge is -2.34. The third-order valence-electron chi connectivity index (χ3n) is 7.06. The number of hydrogen-bond donors (Lipinski definition) is 2. The molecule has 8 heteroatoms. The molecule has 0 saturated carbocycles. The van der Waals surface area contributed by atoms with Crippen LogP contribution < -0.4 is 10.1 Å². The second-order valence-corrected chi connectivity index (χ2v) is 9.15. The van der Waals surface area contributed by atoms with Crippen molar-refractivity contribution in [3.8, 4) is 5.75 Å². The number of carbonyl (C=O) groups excluding carboxylic acids is 2. The number of ether oxygens (including phenoxy) is 2. The van der Waals surface area contributed by atoms with Crippen LogP contribution in [0.5, 0.6) is 5.75 Å². The van der Waals surface area contributed by atoms with E-state index in [0.29, 0.717) is 31.2 Å². The predicted octanol–water partition coefficient (Wildman–Crippen LogP) is 2.50. The first kappa shape index (κ1) is 23.6. The lowest BCUT2D eigenvalue weighted by Crippen LogP contribution is -2.43. The summed E-state index contributed by atoms with van der Waals surface area (Å²) in [6.45, 7) is 8.65. The summed E-state index contributed by atoms with van der Waals surface area (Å²) < 4.78 is 10.6. The summed E-state index contributed by atoms with van der Waals surface area (Å²) in [5.41, 5.74) is 1.49. The molecule has 1 atom stereocenters. The highest BCUT2D eigenvalue weighted by molar-refractivity contribution is 5.98. The summed E-state index contributed by atoms with van der Waals surface area (Å²) in [6, 6.07) is 7.65. The first-order chi connectivity index (χ1) is 16.0. The van der Waals surface area contributed by atoms with E-state index in [9.17, 15) is 9.59 Å². The SMILES string of the molecule is COc1ccc2cc(C(=O)N3CCC(C(C)C(=O)NCCCN4CCOCC4)CC3)[nH]c2c1. The van der Waals surface area contributed by atoms with Gasteiger partial charge in [-0.3, -0.25) is 14.5 Å². The van der Waals surface area contributed by atoms with Crippen molar-refractivity contribution in [2.75, 3.05) is 59.6 Å². The minimum atomic E-state index is -0.0359. The number of aromatic amines is 1. The number of piperidine rings is 1. The maximum absolute atomic E-state index is 13.0. The second-order valence-electron chi connectivity index (χ2n) is 9.15. The summed E-state index contributed by atoms with van der Waals surface area (Å²) in [5, 5.41) is 4.10. The van der Waals surface area contributed by atoms with Gasteiger partial charge in [-0.15, -0.1) is 0 Å². The van der Waals surface area contributed by atoms with Gasteiger partial charge in [0.1, 0.15) is 11.4 Å². The van der Waals surface area contributed by atoms with E-state index in [1.165, 1.54) is 0 Å². The van der Waals surface area contributed by atoms with Crippen LogP contribution in [-0.4, -0.2) is 86.2 Å². The zero-order valence-electron chi connectivity index (χ0n) is 19.8. The lowest BCUT2D eigenvalue weighted by molar-refractivity contribution is -0.126. The van der Waals surface area contributed by atoms with Crippen LogP contribution in [0.4, 0.5) is 0 Å². The summed E-state index contributed by atoms with van der Waals surface area (Å²) in [6.07, 6.45) is 2.66. The molecular weight excluding hydrogens is 420 g/mol. The van der Waals surface area contributed by atoms with Crippen molar-refractivity contribution < 1.29 is 19.1 Å². The Morgan fingerprint density at radius 2 is 1.94 bits per heavy atom. The molecule has 2 aliphatic heterocycles. The molecule has 33 heavy (non-hydrogen) atoms. The van der Waals surface area contributed by atoms with Crippen LogP contribution >= 0.6 is 0 Å². The predicted molar refractivity (Wildman–Crippen MR) is 128 cm³/mol. The van der Waals surface area contributed by atoms with E-state index in [0.717, 1.165) is 68.8 Å². The molecule has 2 aromatic rings. The number of likely N-dealkylation sites (tertiary alicyclic amines) is 1. The molecule has 2 amide bonds. The third-order valence-corrected chi connectivity index (χ3v) is 7.06. The number of rotatable bonds is 8. The van der Waals surface area contributed by atoms with Crippen LogP contribution in [0.3, 0.4) is 0 Å². The molecule has 2 saturated heterocycles. The van der Waals surface area contributed by atoms with Crippen LogP contribution in [0.2, 0.25) is 0 Å². The Kier molecular flexibility index (Phi) is 7.88. The van der Waals surface area contributed by atoms with Gasteiger partial charge in [0.25, 0.3) is 5.91 Å². The molecular formula is C25H36N4O4. The molecule has 180 valence electrons. The van der Waals surface area contributed by atoms with Gasteiger partial charge in [-0.05, 0) is 49.9 Å². The largest absolute Gasteiger partial charge is 0.497 e. The molecule has 4 rings (SSSR count). The second kappa shape index (κ2) is 11.0. The molecule has 0 aliphatic carbocycles. The highest BCUT2D eigenvalue weighted by Gasteiger charge is 2.30. The summed E-state index contributed by atoms with van der Waals surface area (Å²) in [5.74, 6) is 1.18. The number of aromatic nitrogens is 1. The van der Waals surface area contributed by atoms with Crippen LogP contribution in [-0.2, 0) is 9.53 Å². The number of carbonyl (C=O) groups is 2. The van der Waals surface area contributed by atoms with Gasteiger partial charge in [-0.1, -0.05) is 6.92 Å². The Morgan fingerprint density at radius 1 is 1.18 bits per heavy atom. The number of methoxy groups -OCH3 is 1. The molecule has 0 radical (unpaired) electrons. The number of nitrogens with zero attached hydrogens (tertiary/aromatic N) is 2. The van der Waals surface area contributed by atoms with Crippen molar-refractivity contribution >= 4 is 22.7 Å². The number of hydrogen-bond acceptors (Lipinski definition) is 5. The van der Waals surface area contributed by atoms with Crippen molar-refractivity contribution in [3.05, 3.63) is 30.0 Å². The minimum Gasteiger partial charge on any atom is -0.497 e. The smallest absolute Gasteiger partial charge is 0.270 e. The number of benzene rings is 1. The van der Waals surface area contributed by atoms with Crippen molar-refractivity contribution in [2.45, 2.75) is 26.2 Å². The van der Waals surface area contributed by atoms with E-state index >= 15 is 0 Å². The lowest BCUT2D eigenvalue weighted by atomic mass is 9.84. The fourth-order valence-electron chi connectivity index (χ4n) is 4.84. The highest BCUT2D eigenvalue weighted by Crippen LogP contribution is 2.27. The average molecular weight is 457 g/mol. The first-order valence-corrected chi connectivity index (χ1v) is 12.1. The quantitative estimate of drug-likeness (QED) is 0.596. The zero-order chi connectivity index (χ0) is 23.2. The maximum atomic E-state index is 13.0. The van der Waals surface area contributed by atoms with E-state index in [1.807, 2.05) is 36.1 Å². The van der Waals surface area contributed by atoms with Crippen molar-refractivity contribution in [2.24, 2.45) is 11.8 Å². The molecule has 2 aliphatic rings. The zero-order valence-corrected chi connectivity index (χ0v) is 19.8. The molecule has 2 N–H and O–H groups in total. The Hall–Kier alpha value is -2.58. The summed E-state index contributed by atoms with van der Waals surface area (Å²) in [7, 11) is 1.63. The number of fused-ring (bicyclic) bond motifs is 1. The van der Waals surface area contributed by atoms with Gasteiger partial charge in [0, 0.05) is 55.6 Å². The molecule has 0 spiro atoms. The number of amides is 2. The van der Waals surface area contributed by atoms with Gasteiger partial charge >= 0.3 is 0 Å².